The van der Waals surface area contributed by atoms with E-state index in [1.807, 2.05) is 0 Å². The maximum absolute atomic E-state index is 11.9. The molecule has 1 aromatic heterocycles. The topological polar surface area (TPSA) is 92.2 Å². The number of para-hydroxylation sites is 1. The van der Waals surface area contributed by atoms with E-state index in [9.17, 15) is 18.3 Å². The Balaban J connectivity index is 2.34. The maximum Gasteiger partial charge on any atom is 0.327 e. The molecule has 1 atom stereocenters. The summed E-state index contributed by atoms with van der Waals surface area (Å²) in [6.45, 7) is 0. The number of imidazole rings is 1. The molecular weight excluding hydrogens is 256 g/mol. The molecule has 7 heteroatoms. The smallest absolute Gasteiger partial charge is 0.327 e. The predicted octanol–water partition coefficient (Wildman–Crippen LogP) is 0.742. The number of H-pyrrole nitrogens is 1. The molecule has 1 aliphatic heterocycles. The van der Waals surface area contributed by atoms with Crippen molar-refractivity contribution >= 4 is 20.9 Å². The number of phenols is 1. The summed E-state index contributed by atoms with van der Waals surface area (Å²) in [6.07, 6.45) is 0.996. The molecule has 1 aromatic carbocycles. The monoisotopic (exact) mass is 268 g/mol. The number of aromatic hydroxyl groups is 1. The van der Waals surface area contributed by atoms with Crippen molar-refractivity contribution in [2.45, 2.75) is 18.2 Å². The molecule has 2 aromatic rings. The van der Waals surface area contributed by atoms with Crippen molar-refractivity contribution in [1.29, 1.82) is 0 Å². The summed E-state index contributed by atoms with van der Waals surface area (Å²) in [7, 11) is -3.28. The Morgan fingerprint density at radius 1 is 1.39 bits per heavy atom. The van der Waals surface area contributed by atoms with Crippen LogP contribution < -0.4 is 5.69 Å². The molecule has 2 heterocycles. The molecule has 18 heavy (non-hydrogen) atoms. The fraction of sp³-hybridized carbons (Fsp3) is 0.364. The summed E-state index contributed by atoms with van der Waals surface area (Å²) < 4.78 is 25.0. The molecule has 1 aliphatic rings. The summed E-state index contributed by atoms with van der Waals surface area (Å²) in [4.78, 5) is 14.4. The molecule has 1 unspecified atom stereocenters. The van der Waals surface area contributed by atoms with Gasteiger partial charge in [0.05, 0.1) is 11.3 Å². The summed E-state index contributed by atoms with van der Waals surface area (Å²) in [5.41, 5.74) is 0.210. The van der Waals surface area contributed by atoms with Crippen LogP contribution >= 0.6 is 0 Å². The Bertz CT molecular complexity index is 772. The summed E-state index contributed by atoms with van der Waals surface area (Å²) in [5, 5.41) is 8.83. The van der Waals surface area contributed by atoms with Gasteiger partial charge >= 0.3 is 5.69 Å². The van der Waals surface area contributed by atoms with E-state index in [1.165, 1.54) is 10.6 Å². The zero-order valence-electron chi connectivity index (χ0n) is 9.46. The minimum Gasteiger partial charge on any atom is -0.506 e. The largest absolute Gasteiger partial charge is 0.506 e. The maximum atomic E-state index is 11.9. The fourth-order valence-electron chi connectivity index (χ4n) is 2.48. The first-order chi connectivity index (χ1) is 8.50. The van der Waals surface area contributed by atoms with Gasteiger partial charge in [0.1, 0.15) is 16.6 Å². The molecule has 0 saturated carbocycles. The normalized spacial score (nSPS) is 22.6. The van der Waals surface area contributed by atoms with Gasteiger partial charge in [-0.2, -0.15) is 0 Å². The molecule has 0 radical (unpaired) electrons. The Morgan fingerprint density at radius 3 is 2.83 bits per heavy atom. The highest BCUT2D eigenvalue weighted by Crippen LogP contribution is 2.32. The van der Waals surface area contributed by atoms with Gasteiger partial charge in [0.15, 0.2) is 9.84 Å². The van der Waals surface area contributed by atoms with Crippen molar-refractivity contribution in [2.75, 3.05) is 5.75 Å². The zero-order chi connectivity index (χ0) is 12.9. The van der Waals surface area contributed by atoms with Crippen LogP contribution in [0, 0.1) is 0 Å². The van der Waals surface area contributed by atoms with Crippen LogP contribution in [-0.4, -0.2) is 28.8 Å². The number of aromatic amines is 1. The molecule has 3 rings (SSSR count). The van der Waals surface area contributed by atoms with Crippen molar-refractivity contribution in [3.8, 4) is 5.75 Å². The summed E-state index contributed by atoms with van der Waals surface area (Å²) in [5.74, 6) is 0.0500. The first-order valence-corrected chi connectivity index (χ1v) is 7.36. The van der Waals surface area contributed by atoms with Crippen LogP contribution in [0.5, 0.6) is 5.75 Å². The van der Waals surface area contributed by atoms with Gasteiger partial charge in [0.25, 0.3) is 0 Å². The highest BCUT2D eigenvalue weighted by atomic mass is 32.2. The number of hydrogen-bond acceptors (Lipinski definition) is 4. The lowest BCUT2D eigenvalue weighted by atomic mass is 10.3. The molecule has 0 aliphatic carbocycles. The van der Waals surface area contributed by atoms with Gasteiger partial charge in [-0.05, 0) is 25.0 Å². The van der Waals surface area contributed by atoms with E-state index in [0.29, 0.717) is 18.4 Å². The van der Waals surface area contributed by atoms with E-state index in [1.54, 1.807) is 12.1 Å². The van der Waals surface area contributed by atoms with E-state index in [0.717, 1.165) is 0 Å². The minimum atomic E-state index is -3.28. The lowest BCUT2D eigenvalue weighted by molar-refractivity contribution is 0.480. The number of nitrogens with one attached hydrogen (secondary N) is 1. The van der Waals surface area contributed by atoms with Crippen LogP contribution in [0.3, 0.4) is 0 Å². The van der Waals surface area contributed by atoms with Gasteiger partial charge in [-0.25, -0.2) is 13.2 Å². The third kappa shape index (κ3) is 1.47. The van der Waals surface area contributed by atoms with Gasteiger partial charge in [0.2, 0.25) is 0 Å². The van der Waals surface area contributed by atoms with Crippen LogP contribution in [0.4, 0.5) is 0 Å². The summed E-state index contributed by atoms with van der Waals surface area (Å²) >= 11 is 0. The van der Waals surface area contributed by atoms with Crippen LogP contribution in [0.1, 0.15) is 18.2 Å². The van der Waals surface area contributed by atoms with E-state index in [4.69, 9.17) is 0 Å². The molecule has 0 spiro atoms. The average molecular weight is 268 g/mol. The number of sulfone groups is 1. The second-order valence-corrected chi connectivity index (χ2v) is 6.71. The molecule has 6 nitrogen and oxygen atoms in total. The number of hydrogen-bond donors (Lipinski definition) is 2. The molecule has 0 amide bonds. The van der Waals surface area contributed by atoms with Crippen molar-refractivity contribution in [3.63, 3.8) is 0 Å². The predicted molar refractivity (Wildman–Crippen MR) is 66.3 cm³/mol. The van der Waals surface area contributed by atoms with Crippen LogP contribution in [0.15, 0.2) is 23.0 Å². The second kappa shape index (κ2) is 3.61. The average Bonchev–Trinajstić information content (AvgIpc) is 2.79. The van der Waals surface area contributed by atoms with Gasteiger partial charge in [-0.15, -0.1) is 0 Å². The molecule has 1 saturated heterocycles. The molecular formula is C11H12N2O4S. The number of nitrogens with zero attached hydrogens (tertiary/aromatic N) is 1. The third-order valence-electron chi connectivity index (χ3n) is 3.31. The lowest BCUT2D eigenvalue weighted by Gasteiger charge is -2.11. The van der Waals surface area contributed by atoms with E-state index >= 15 is 0 Å². The van der Waals surface area contributed by atoms with Gasteiger partial charge in [0, 0.05) is 0 Å². The Morgan fingerprint density at radius 2 is 2.17 bits per heavy atom. The fourth-order valence-corrected chi connectivity index (χ4v) is 4.38. The lowest BCUT2D eigenvalue weighted by Crippen LogP contribution is -2.25. The number of benzene rings is 1. The quantitative estimate of drug-likeness (QED) is 0.798. The first kappa shape index (κ1) is 11.3. The highest BCUT2D eigenvalue weighted by Gasteiger charge is 2.35. The standard InChI is InChI=1S/C11H12N2O4S/c14-8-4-1-3-7-10(8)12-11(15)13(7)9-5-2-6-18(9,16)17/h1,3-4,9,14H,2,5-6H2,(H,12,15). The van der Waals surface area contributed by atoms with Crippen molar-refractivity contribution in [1.82, 2.24) is 9.55 Å². The number of fused-ring (bicyclic) bond motifs is 1. The van der Waals surface area contributed by atoms with E-state index in [2.05, 4.69) is 4.98 Å². The minimum absolute atomic E-state index is 0.0567. The number of rotatable bonds is 1. The molecule has 96 valence electrons. The van der Waals surface area contributed by atoms with E-state index in [-0.39, 0.29) is 17.0 Å². The second-order valence-electron chi connectivity index (χ2n) is 4.44. The van der Waals surface area contributed by atoms with Gasteiger partial charge < -0.3 is 10.1 Å². The Labute approximate surface area is 103 Å². The van der Waals surface area contributed by atoms with Crippen molar-refractivity contribution < 1.29 is 13.5 Å². The summed E-state index contributed by atoms with van der Waals surface area (Å²) in [6, 6.07) is 4.66. The van der Waals surface area contributed by atoms with E-state index < -0.39 is 20.9 Å². The number of aromatic nitrogens is 2. The number of phenolic OH excluding ortho intramolecular Hbond substituents is 1. The van der Waals surface area contributed by atoms with Gasteiger partial charge in [-0.1, -0.05) is 6.07 Å². The van der Waals surface area contributed by atoms with Crippen LogP contribution in [-0.2, 0) is 9.84 Å². The molecule has 2 N–H and O–H groups in total. The Hall–Kier alpha value is -1.76. The van der Waals surface area contributed by atoms with Crippen molar-refractivity contribution in [3.05, 3.63) is 28.7 Å². The molecule has 1 fully saturated rings. The zero-order valence-corrected chi connectivity index (χ0v) is 10.3. The SMILES string of the molecule is O=c1[nH]c2c(O)cccc2n1C1CCCS1(=O)=O. The van der Waals surface area contributed by atoms with Gasteiger partial charge in [-0.3, -0.25) is 4.57 Å². The first-order valence-electron chi connectivity index (χ1n) is 5.64. The Kier molecular flexibility index (Phi) is 2.28. The van der Waals surface area contributed by atoms with Crippen LogP contribution in [0.2, 0.25) is 0 Å². The van der Waals surface area contributed by atoms with Crippen LogP contribution in [0.25, 0.3) is 11.0 Å². The van der Waals surface area contributed by atoms with Crippen molar-refractivity contribution in [2.24, 2.45) is 0 Å². The highest BCUT2D eigenvalue weighted by molar-refractivity contribution is 7.91. The third-order valence-corrected chi connectivity index (χ3v) is 5.45. The molecule has 0 bridgehead atoms.